The van der Waals surface area contributed by atoms with E-state index in [2.05, 4.69) is 5.32 Å². The van der Waals surface area contributed by atoms with Crippen LogP contribution >= 0.6 is 0 Å². The predicted octanol–water partition coefficient (Wildman–Crippen LogP) is 4.42. The van der Waals surface area contributed by atoms with Crippen molar-refractivity contribution in [2.24, 2.45) is 0 Å². The molecule has 1 unspecified atom stereocenters. The van der Waals surface area contributed by atoms with Crippen LogP contribution in [0, 0.1) is 0 Å². The number of nitrogens with one attached hydrogen (secondary N) is 1. The Morgan fingerprint density at radius 1 is 1.00 bits per heavy atom. The summed E-state index contributed by atoms with van der Waals surface area (Å²) in [5.74, 6) is 0.548. The smallest absolute Gasteiger partial charge is 0.255 e. The second-order valence-electron chi connectivity index (χ2n) is 7.00. The number of nitrogens with zero attached hydrogens (tertiary/aromatic N) is 1. The van der Waals surface area contributed by atoms with Crippen molar-refractivity contribution in [2.45, 2.75) is 19.0 Å². The molecule has 0 fully saturated rings. The first-order valence-corrected chi connectivity index (χ1v) is 9.53. The highest BCUT2D eigenvalue weighted by molar-refractivity contribution is 5.99. The van der Waals surface area contributed by atoms with Gasteiger partial charge in [-0.3, -0.25) is 9.59 Å². The van der Waals surface area contributed by atoms with Crippen LogP contribution in [0.4, 0.5) is 5.69 Å². The summed E-state index contributed by atoms with van der Waals surface area (Å²) in [6.45, 7) is 0.490. The molecule has 0 aliphatic carbocycles. The van der Waals surface area contributed by atoms with Gasteiger partial charge < -0.3 is 15.0 Å². The summed E-state index contributed by atoms with van der Waals surface area (Å²) in [5.41, 5.74) is 3.33. The minimum atomic E-state index is -0.371. The minimum Gasteiger partial charge on any atom is -0.497 e. The van der Waals surface area contributed by atoms with Crippen molar-refractivity contribution >= 4 is 17.5 Å². The predicted molar refractivity (Wildman–Crippen MR) is 112 cm³/mol. The van der Waals surface area contributed by atoms with Crippen molar-refractivity contribution in [2.75, 3.05) is 12.4 Å². The van der Waals surface area contributed by atoms with E-state index in [1.165, 1.54) is 0 Å². The molecule has 5 nitrogen and oxygen atoms in total. The third-order valence-electron chi connectivity index (χ3n) is 5.16. The molecule has 0 aromatic heterocycles. The molecule has 1 atom stereocenters. The maximum absolute atomic E-state index is 13.0. The van der Waals surface area contributed by atoms with Gasteiger partial charge in [0.05, 0.1) is 19.6 Å². The van der Waals surface area contributed by atoms with Gasteiger partial charge in [-0.1, -0.05) is 48.5 Å². The molecule has 1 heterocycles. The number of carbonyl (C=O) groups excluding carboxylic acids is 2. The van der Waals surface area contributed by atoms with Gasteiger partial charge in [-0.25, -0.2) is 0 Å². The Labute approximate surface area is 169 Å². The van der Waals surface area contributed by atoms with Gasteiger partial charge in [0.1, 0.15) is 5.75 Å². The van der Waals surface area contributed by atoms with E-state index in [9.17, 15) is 9.59 Å². The maximum Gasteiger partial charge on any atom is 0.255 e. The summed E-state index contributed by atoms with van der Waals surface area (Å²) in [6.07, 6.45) is 0.168. The monoisotopic (exact) mass is 386 g/mol. The zero-order valence-electron chi connectivity index (χ0n) is 16.2. The molecule has 4 rings (SSSR count). The number of methoxy groups -OCH3 is 1. The number of fused-ring (bicyclic) bond motifs is 1. The number of amides is 2. The number of carbonyl (C=O) groups is 2. The van der Waals surface area contributed by atoms with Gasteiger partial charge in [0, 0.05) is 17.8 Å². The molecule has 3 aromatic carbocycles. The van der Waals surface area contributed by atoms with Crippen molar-refractivity contribution < 1.29 is 14.3 Å². The average molecular weight is 386 g/mol. The van der Waals surface area contributed by atoms with Crippen LogP contribution in [-0.2, 0) is 11.3 Å². The van der Waals surface area contributed by atoms with Gasteiger partial charge in [-0.2, -0.15) is 0 Å². The number of para-hydroxylation sites is 1. The Balaban J connectivity index is 1.61. The van der Waals surface area contributed by atoms with Gasteiger partial charge in [0.15, 0.2) is 0 Å². The maximum atomic E-state index is 13.0. The van der Waals surface area contributed by atoms with Gasteiger partial charge in [0.25, 0.3) is 5.91 Å². The molecule has 1 N–H and O–H groups in total. The molecule has 0 spiro atoms. The van der Waals surface area contributed by atoms with Crippen molar-refractivity contribution in [3.8, 4) is 5.75 Å². The van der Waals surface area contributed by atoms with Crippen LogP contribution in [0.5, 0.6) is 5.75 Å². The Kier molecular flexibility index (Phi) is 5.29. The molecule has 0 bridgehead atoms. The van der Waals surface area contributed by atoms with Crippen LogP contribution in [0.3, 0.4) is 0 Å². The highest BCUT2D eigenvalue weighted by Crippen LogP contribution is 2.34. The third-order valence-corrected chi connectivity index (χ3v) is 5.16. The van der Waals surface area contributed by atoms with E-state index in [4.69, 9.17) is 4.74 Å². The molecule has 0 radical (unpaired) electrons. The first-order valence-electron chi connectivity index (χ1n) is 9.53. The molecular formula is C24H22N2O3. The molecule has 0 saturated heterocycles. The lowest BCUT2D eigenvalue weighted by molar-refractivity contribution is -0.117. The first kappa shape index (κ1) is 18.7. The third kappa shape index (κ3) is 3.99. The van der Waals surface area contributed by atoms with Gasteiger partial charge in [0.2, 0.25) is 5.91 Å². The van der Waals surface area contributed by atoms with E-state index < -0.39 is 0 Å². The normalized spacial score (nSPS) is 13.7. The van der Waals surface area contributed by atoms with Crippen molar-refractivity contribution in [3.05, 3.63) is 95.6 Å². The number of ether oxygens (including phenoxy) is 1. The fraction of sp³-hybridized carbons (Fsp3) is 0.167. The molecule has 29 heavy (non-hydrogen) atoms. The fourth-order valence-electron chi connectivity index (χ4n) is 3.67. The lowest BCUT2D eigenvalue weighted by Crippen LogP contribution is -2.32. The van der Waals surface area contributed by atoms with E-state index in [0.717, 1.165) is 22.6 Å². The first-order chi connectivity index (χ1) is 14.2. The lowest BCUT2D eigenvalue weighted by atomic mass is 10.0. The second kappa shape index (κ2) is 8.19. The lowest BCUT2D eigenvalue weighted by Gasteiger charge is -2.28. The van der Waals surface area contributed by atoms with Crippen molar-refractivity contribution in [3.63, 3.8) is 0 Å². The zero-order valence-corrected chi connectivity index (χ0v) is 16.2. The summed E-state index contributed by atoms with van der Waals surface area (Å²) < 4.78 is 5.25. The van der Waals surface area contributed by atoms with Gasteiger partial charge in [-0.05, 0) is 41.5 Å². The Bertz CT molecular complexity index is 1020. The van der Waals surface area contributed by atoms with E-state index in [1.807, 2.05) is 78.9 Å². The van der Waals surface area contributed by atoms with Crippen LogP contribution in [-0.4, -0.2) is 23.8 Å². The van der Waals surface area contributed by atoms with Crippen LogP contribution < -0.4 is 10.1 Å². The summed E-state index contributed by atoms with van der Waals surface area (Å²) >= 11 is 0. The van der Waals surface area contributed by atoms with E-state index in [1.54, 1.807) is 12.0 Å². The minimum absolute atomic E-state index is 0.0473. The molecule has 0 saturated carbocycles. The quantitative estimate of drug-likeness (QED) is 0.682. The number of hydrogen-bond acceptors (Lipinski definition) is 3. The van der Waals surface area contributed by atoms with Gasteiger partial charge >= 0.3 is 0 Å². The molecule has 146 valence electrons. The second-order valence-corrected chi connectivity index (χ2v) is 7.00. The van der Waals surface area contributed by atoms with E-state index >= 15 is 0 Å². The number of rotatable bonds is 6. The topological polar surface area (TPSA) is 58.6 Å². The van der Waals surface area contributed by atoms with Crippen LogP contribution in [0.25, 0.3) is 0 Å². The van der Waals surface area contributed by atoms with Crippen LogP contribution in [0.1, 0.15) is 33.9 Å². The highest BCUT2D eigenvalue weighted by atomic mass is 16.5. The van der Waals surface area contributed by atoms with Gasteiger partial charge in [-0.15, -0.1) is 0 Å². The van der Waals surface area contributed by atoms with Crippen molar-refractivity contribution in [1.82, 2.24) is 4.90 Å². The molecule has 2 amide bonds. The highest BCUT2D eigenvalue weighted by Gasteiger charge is 2.34. The van der Waals surface area contributed by atoms with Crippen LogP contribution in [0.15, 0.2) is 78.9 Å². The molecular weight excluding hydrogens is 364 g/mol. The number of hydrogen-bond donors (Lipinski definition) is 1. The number of anilines is 1. The molecule has 5 heteroatoms. The van der Waals surface area contributed by atoms with Crippen molar-refractivity contribution in [1.29, 1.82) is 0 Å². The Morgan fingerprint density at radius 3 is 2.38 bits per heavy atom. The zero-order chi connectivity index (χ0) is 20.2. The van der Waals surface area contributed by atoms with Crippen LogP contribution in [0.2, 0.25) is 0 Å². The summed E-state index contributed by atoms with van der Waals surface area (Å²) in [7, 11) is 1.61. The van der Waals surface area contributed by atoms with E-state index in [0.29, 0.717) is 12.1 Å². The summed E-state index contributed by atoms with van der Waals surface area (Å²) in [4.78, 5) is 27.6. The van der Waals surface area contributed by atoms with E-state index in [-0.39, 0.29) is 24.3 Å². The largest absolute Gasteiger partial charge is 0.497 e. The SMILES string of the molecule is COc1ccc(C(CC(=O)Nc2ccccc2)N2Cc3ccccc3C2=O)cc1. The number of benzene rings is 3. The summed E-state index contributed by atoms with van der Waals surface area (Å²) in [6, 6.07) is 24.1. The Morgan fingerprint density at radius 2 is 1.69 bits per heavy atom. The molecule has 3 aromatic rings. The molecule has 1 aliphatic heterocycles. The fourth-order valence-corrected chi connectivity index (χ4v) is 3.67. The summed E-state index contributed by atoms with van der Waals surface area (Å²) in [5, 5.41) is 2.92. The molecule has 1 aliphatic rings. The Hall–Kier alpha value is -3.60. The average Bonchev–Trinajstić information content (AvgIpc) is 3.09. The standard InChI is InChI=1S/C24H22N2O3/c1-29-20-13-11-17(12-14-20)22(15-23(27)25-19-8-3-2-4-9-19)26-16-18-7-5-6-10-21(18)24(26)28/h2-14,22H,15-16H2,1H3,(H,25,27).